The molecule has 0 bridgehead atoms. The van der Waals surface area contributed by atoms with Crippen LogP contribution >= 0.6 is 0 Å². The van der Waals surface area contributed by atoms with Gasteiger partial charge in [-0.25, -0.2) is 4.98 Å². The number of fused-ring (bicyclic) bond motifs is 1. The fraction of sp³-hybridized carbons (Fsp3) is 0.0769. The lowest BCUT2D eigenvalue weighted by Gasteiger charge is -2.08. The molecule has 0 saturated heterocycles. The standard InChI is InChI=1S/C26H21N5O4/c1-33-17-12-13-21(34-2)16(15-17)11-14-23-28-24(18-7-3-5-9-20(18)32)30-25(29-23)31-26-27-19-8-4-6-10-22(19)35-26/h3-15,32H,1-2H3,(H,27,28,29,30,31)/b14-11+. The van der Waals surface area contributed by atoms with E-state index in [9.17, 15) is 5.11 Å². The van der Waals surface area contributed by atoms with Crippen molar-refractivity contribution in [2.24, 2.45) is 0 Å². The van der Waals surface area contributed by atoms with E-state index in [1.54, 1.807) is 44.6 Å². The van der Waals surface area contributed by atoms with E-state index in [1.807, 2.05) is 48.5 Å². The zero-order chi connectivity index (χ0) is 24.2. The van der Waals surface area contributed by atoms with E-state index < -0.39 is 0 Å². The van der Waals surface area contributed by atoms with Gasteiger partial charge in [0.05, 0.1) is 19.8 Å². The molecule has 0 atom stereocenters. The average Bonchev–Trinajstić information content (AvgIpc) is 3.29. The maximum atomic E-state index is 10.4. The summed E-state index contributed by atoms with van der Waals surface area (Å²) in [6.45, 7) is 0. The van der Waals surface area contributed by atoms with Gasteiger partial charge in [-0.15, -0.1) is 0 Å². The highest BCUT2D eigenvalue weighted by Gasteiger charge is 2.13. The number of aromatic hydroxyl groups is 1. The average molecular weight is 467 g/mol. The van der Waals surface area contributed by atoms with Crippen molar-refractivity contribution in [1.29, 1.82) is 0 Å². The van der Waals surface area contributed by atoms with Crippen LogP contribution in [0.4, 0.5) is 12.0 Å². The monoisotopic (exact) mass is 467 g/mol. The van der Waals surface area contributed by atoms with Gasteiger partial charge in [0, 0.05) is 5.56 Å². The molecule has 174 valence electrons. The van der Waals surface area contributed by atoms with Gasteiger partial charge >= 0.3 is 6.01 Å². The van der Waals surface area contributed by atoms with Crippen LogP contribution in [0.15, 0.2) is 71.1 Å². The van der Waals surface area contributed by atoms with E-state index in [1.165, 1.54) is 0 Å². The fourth-order valence-corrected chi connectivity index (χ4v) is 3.46. The Morgan fingerprint density at radius 1 is 0.857 bits per heavy atom. The van der Waals surface area contributed by atoms with Crippen LogP contribution in [0, 0.1) is 0 Å². The number of hydrogen-bond donors (Lipinski definition) is 2. The van der Waals surface area contributed by atoms with Crippen LogP contribution < -0.4 is 14.8 Å². The van der Waals surface area contributed by atoms with Gasteiger partial charge in [0.2, 0.25) is 5.95 Å². The number of phenols is 1. The first kappa shape index (κ1) is 21.9. The number of aromatic nitrogens is 4. The lowest BCUT2D eigenvalue weighted by Crippen LogP contribution is -2.03. The van der Waals surface area contributed by atoms with Crippen LogP contribution in [-0.4, -0.2) is 39.3 Å². The maximum Gasteiger partial charge on any atom is 0.302 e. The summed E-state index contributed by atoms with van der Waals surface area (Å²) in [7, 11) is 3.20. The van der Waals surface area contributed by atoms with E-state index in [-0.39, 0.29) is 23.5 Å². The molecule has 0 aliphatic rings. The molecule has 9 heteroatoms. The minimum Gasteiger partial charge on any atom is -0.507 e. The molecular weight excluding hydrogens is 446 g/mol. The van der Waals surface area contributed by atoms with Crippen molar-refractivity contribution in [3.8, 4) is 28.6 Å². The normalized spacial score (nSPS) is 11.1. The number of nitrogens with one attached hydrogen (secondary N) is 1. The van der Waals surface area contributed by atoms with Gasteiger partial charge in [0.1, 0.15) is 22.8 Å². The second-order valence-corrected chi connectivity index (χ2v) is 7.41. The Bertz CT molecular complexity index is 1500. The highest BCUT2D eigenvalue weighted by Crippen LogP contribution is 2.29. The summed E-state index contributed by atoms with van der Waals surface area (Å²) in [6, 6.07) is 20.0. The third kappa shape index (κ3) is 4.74. The fourth-order valence-electron chi connectivity index (χ4n) is 3.46. The molecule has 0 aliphatic carbocycles. The van der Waals surface area contributed by atoms with Crippen molar-refractivity contribution in [3.63, 3.8) is 0 Å². The minimum atomic E-state index is 0.0518. The number of hydrogen-bond acceptors (Lipinski definition) is 9. The van der Waals surface area contributed by atoms with Gasteiger partial charge in [-0.2, -0.15) is 15.0 Å². The SMILES string of the molecule is COc1ccc(OC)c(/C=C/c2nc(Nc3nc4ccccc4o3)nc(-c3ccccc3O)n2)c1. The molecule has 0 aliphatic heterocycles. The molecule has 2 aromatic heterocycles. The number of rotatable bonds is 7. The third-order valence-corrected chi connectivity index (χ3v) is 5.16. The summed E-state index contributed by atoms with van der Waals surface area (Å²) in [5, 5.41) is 13.4. The van der Waals surface area contributed by atoms with E-state index in [0.717, 1.165) is 5.56 Å². The summed E-state index contributed by atoms with van der Waals surface area (Å²) >= 11 is 0. The second kappa shape index (κ2) is 9.52. The molecule has 3 aromatic carbocycles. The number of benzene rings is 3. The van der Waals surface area contributed by atoms with E-state index in [2.05, 4.69) is 25.3 Å². The van der Waals surface area contributed by atoms with Gasteiger partial charge in [0.25, 0.3) is 0 Å². The molecule has 0 spiro atoms. The minimum absolute atomic E-state index is 0.0518. The Labute approximate surface area is 200 Å². The topological polar surface area (TPSA) is 115 Å². The van der Waals surface area contributed by atoms with Gasteiger partial charge in [-0.05, 0) is 54.6 Å². The van der Waals surface area contributed by atoms with Crippen LogP contribution in [-0.2, 0) is 0 Å². The van der Waals surface area contributed by atoms with Gasteiger partial charge in [-0.1, -0.05) is 24.3 Å². The molecule has 35 heavy (non-hydrogen) atoms. The number of oxazole rings is 1. The number of phenolic OH excluding ortho intramolecular Hbond substituents is 1. The molecule has 5 rings (SSSR count). The number of anilines is 2. The summed E-state index contributed by atoms with van der Waals surface area (Å²) in [5.41, 5.74) is 2.58. The van der Waals surface area contributed by atoms with E-state index >= 15 is 0 Å². The van der Waals surface area contributed by atoms with Crippen molar-refractivity contribution in [1.82, 2.24) is 19.9 Å². The number of para-hydroxylation sites is 3. The summed E-state index contributed by atoms with van der Waals surface area (Å²) in [4.78, 5) is 17.9. The highest BCUT2D eigenvalue weighted by molar-refractivity contribution is 5.75. The van der Waals surface area contributed by atoms with Crippen LogP contribution in [0.3, 0.4) is 0 Å². The zero-order valence-corrected chi connectivity index (χ0v) is 19.0. The smallest absolute Gasteiger partial charge is 0.302 e. The number of ether oxygens (including phenoxy) is 2. The molecule has 0 amide bonds. The molecule has 2 N–H and O–H groups in total. The summed E-state index contributed by atoms with van der Waals surface area (Å²) in [6.07, 6.45) is 3.54. The van der Waals surface area contributed by atoms with Crippen LogP contribution in [0.1, 0.15) is 11.4 Å². The lowest BCUT2D eigenvalue weighted by atomic mass is 10.1. The highest BCUT2D eigenvalue weighted by atomic mass is 16.5. The van der Waals surface area contributed by atoms with E-state index in [4.69, 9.17) is 13.9 Å². The van der Waals surface area contributed by atoms with Crippen molar-refractivity contribution in [2.75, 3.05) is 19.5 Å². The molecule has 0 saturated carbocycles. The largest absolute Gasteiger partial charge is 0.507 e. The first-order valence-corrected chi connectivity index (χ1v) is 10.7. The van der Waals surface area contributed by atoms with Crippen molar-refractivity contribution >= 4 is 35.2 Å². The second-order valence-electron chi connectivity index (χ2n) is 7.41. The molecule has 2 heterocycles. The maximum absolute atomic E-state index is 10.4. The predicted molar refractivity (Wildman–Crippen MR) is 133 cm³/mol. The molecule has 0 radical (unpaired) electrons. The Balaban J connectivity index is 1.56. The summed E-state index contributed by atoms with van der Waals surface area (Å²) < 4.78 is 16.5. The van der Waals surface area contributed by atoms with Crippen molar-refractivity contribution < 1.29 is 19.0 Å². The Kier molecular flexibility index (Phi) is 5.96. The van der Waals surface area contributed by atoms with Gasteiger partial charge < -0.3 is 19.0 Å². The first-order chi connectivity index (χ1) is 17.1. The number of methoxy groups -OCH3 is 2. The first-order valence-electron chi connectivity index (χ1n) is 10.7. The molecule has 9 nitrogen and oxygen atoms in total. The lowest BCUT2D eigenvalue weighted by molar-refractivity contribution is 0.402. The van der Waals surface area contributed by atoms with Crippen LogP contribution in [0.25, 0.3) is 34.6 Å². The molecule has 5 aromatic rings. The van der Waals surface area contributed by atoms with Gasteiger partial charge in [0.15, 0.2) is 17.2 Å². The molecule has 0 unspecified atom stereocenters. The summed E-state index contributed by atoms with van der Waals surface area (Å²) in [5.74, 6) is 2.25. The van der Waals surface area contributed by atoms with Crippen molar-refractivity contribution in [3.05, 3.63) is 78.1 Å². The zero-order valence-electron chi connectivity index (χ0n) is 19.0. The Morgan fingerprint density at radius 2 is 1.69 bits per heavy atom. The number of nitrogens with zero attached hydrogens (tertiary/aromatic N) is 4. The molecular formula is C26H21N5O4. The van der Waals surface area contributed by atoms with Crippen LogP contribution in [0.2, 0.25) is 0 Å². The van der Waals surface area contributed by atoms with Gasteiger partial charge in [-0.3, -0.25) is 5.32 Å². The van der Waals surface area contributed by atoms with Crippen molar-refractivity contribution in [2.45, 2.75) is 0 Å². The van der Waals surface area contributed by atoms with Crippen LogP contribution in [0.5, 0.6) is 17.2 Å². The Morgan fingerprint density at radius 3 is 2.49 bits per heavy atom. The third-order valence-electron chi connectivity index (χ3n) is 5.16. The predicted octanol–water partition coefficient (Wildman–Crippen LogP) is 5.32. The Hall–Kier alpha value is -4.92. The van der Waals surface area contributed by atoms with E-state index in [0.29, 0.717) is 34.0 Å². The molecule has 0 fully saturated rings. The quantitative estimate of drug-likeness (QED) is 0.328.